The van der Waals surface area contributed by atoms with Gasteiger partial charge in [0.1, 0.15) is 36.4 Å². The monoisotopic (exact) mass is 570 g/mol. The van der Waals surface area contributed by atoms with Crippen LogP contribution in [0.1, 0.15) is 26.5 Å². The minimum absolute atomic E-state index is 0.180. The number of nitrogens with zero attached hydrogens (tertiary/aromatic N) is 4. The molecule has 1 unspecified atom stereocenters. The van der Waals surface area contributed by atoms with E-state index in [1.54, 1.807) is 0 Å². The molecule has 1 fully saturated rings. The van der Waals surface area contributed by atoms with E-state index in [1.165, 1.54) is 0 Å². The van der Waals surface area contributed by atoms with Gasteiger partial charge in [0.2, 0.25) is 0 Å². The zero-order valence-corrected chi connectivity index (χ0v) is 20.2. The largest absolute Gasteiger partial charge is 0.463 e. The highest BCUT2D eigenvalue weighted by Gasteiger charge is 2.50. The zero-order chi connectivity index (χ0) is 25.6. The average Bonchev–Trinajstić information content (AvgIpc) is 2.69. The lowest BCUT2D eigenvalue weighted by atomic mass is 9.97. The van der Waals surface area contributed by atoms with E-state index < -0.39 is 66.2 Å². The summed E-state index contributed by atoms with van der Waals surface area (Å²) >= 11 is 3.64. The molecular formula is C18H18BrF3N4O7S. The molecule has 1 aromatic heterocycles. The standard InChI is InChI=1S/C18H18BrF3N4O7S/c1-7(27)30-6-12-14(31-8(2)28)13(25-26-23)15(32-9(3)29)17(33-12)34-10-4-11(19)16(24-5-10)18(20,21)22/h4-5,12-15,17H,6H2,1-3H3/t12-,13?,14+,15-,17-/m1/s1. The third-order valence-corrected chi connectivity index (χ3v) is 5.91. The molecule has 11 nitrogen and oxygen atoms in total. The predicted octanol–water partition coefficient (Wildman–Crippen LogP) is 3.79. The van der Waals surface area contributed by atoms with Crippen LogP contribution in [0.25, 0.3) is 10.4 Å². The van der Waals surface area contributed by atoms with Crippen molar-refractivity contribution in [1.29, 1.82) is 0 Å². The van der Waals surface area contributed by atoms with Gasteiger partial charge >= 0.3 is 24.1 Å². The van der Waals surface area contributed by atoms with Crippen LogP contribution in [0.4, 0.5) is 13.2 Å². The first kappa shape index (κ1) is 27.7. The van der Waals surface area contributed by atoms with Gasteiger partial charge in [-0.2, -0.15) is 13.2 Å². The maximum Gasteiger partial charge on any atom is 0.434 e. The number of rotatable bonds is 7. The van der Waals surface area contributed by atoms with Gasteiger partial charge in [0.05, 0.1) is 0 Å². The average molecular weight is 571 g/mol. The van der Waals surface area contributed by atoms with Gasteiger partial charge in [0.15, 0.2) is 5.69 Å². The number of alkyl halides is 3. The van der Waals surface area contributed by atoms with Gasteiger partial charge in [-0.3, -0.25) is 14.4 Å². The SMILES string of the molecule is CC(=O)OC[C@H]1O[C@H](Sc2cnc(C(F)(F)F)c(Br)c2)[C@H](OC(C)=O)C(N=[N+]=[N-])[C@H]1OC(C)=O. The summed E-state index contributed by atoms with van der Waals surface area (Å²) in [5.41, 5.74) is 6.75. The van der Waals surface area contributed by atoms with Crippen LogP contribution in [0, 0.1) is 0 Å². The second kappa shape index (κ2) is 11.7. The number of pyridine rings is 1. The molecule has 34 heavy (non-hydrogen) atoms. The highest BCUT2D eigenvalue weighted by Crippen LogP contribution is 2.40. The number of ether oxygens (including phenoxy) is 4. The van der Waals surface area contributed by atoms with Crippen LogP contribution in [0.3, 0.4) is 0 Å². The van der Waals surface area contributed by atoms with Gasteiger partial charge in [-0.1, -0.05) is 16.9 Å². The van der Waals surface area contributed by atoms with E-state index >= 15 is 0 Å². The Bertz CT molecular complexity index is 993. The van der Waals surface area contributed by atoms with E-state index in [-0.39, 0.29) is 9.37 Å². The fraction of sp³-hybridized carbons (Fsp3) is 0.556. The van der Waals surface area contributed by atoms with Gasteiger partial charge in [-0.15, -0.1) is 0 Å². The Morgan fingerprint density at radius 1 is 1.21 bits per heavy atom. The molecule has 0 amide bonds. The smallest absolute Gasteiger partial charge is 0.434 e. The first-order valence-electron chi connectivity index (χ1n) is 9.40. The van der Waals surface area contributed by atoms with Crippen LogP contribution in [0.2, 0.25) is 0 Å². The summed E-state index contributed by atoms with van der Waals surface area (Å²) in [4.78, 5) is 41.0. The molecule has 2 heterocycles. The third kappa shape index (κ3) is 7.48. The Labute approximate surface area is 203 Å². The van der Waals surface area contributed by atoms with Crippen LogP contribution in [-0.2, 0) is 39.5 Å². The molecular weight excluding hydrogens is 553 g/mol. The summed E-state index contributed by atoms with van der Waals surface area (Å²) in [5, 5.41) is 3.60. The molecule has 1 aliphatic rings. The van der Waals surface area contributed by atoms with E-state index in [4.69, 9.17) is 24.5 Å². The van der Waals surface area contributed by atoms with Crippen molar-refractivity contribution >= 4 is 45.6 Å². The number of carbonyl (C=O) groups is 3. The van der Waals surface area contributed by atoms with Gasteiger partial charge in [-0.05, 0) is 27.5 Å². The Morgan fingerprint density at radius 3 is 2.32 bits per heavy atom. The van der Waals surface area contributed by atoms with Gasteiger partial charge in [0.25, 0.3) is 0 Å². The molecule has 16 heteroatoms. The Hall–Kier alpha value is -2.55. The summed E-state index contributed by atoms with van der Waals surface area (Å²) in [5.74, 6) is -2.24. The van der Waals surface area contributed by atoms with E-state index in [9.17, 15) is 27.6 Å². The van der Waals surface area contributed by atoms with Crippen molar-refractivity contribution in [1.82, 2.24) is 4.98 Å². The lowest BCUT2D eigenvalue weighted by molar-refractivity contribution is -0.201. The molecule has 0 aliphatic carbocycles. The summed E-state index contributed by atoms with van der Waals surface area (Å²) in [6.07, 6.45) is -7.53. The van der Waals surface area contributed by atoms with Crippen molar-refractivity contribution in [3.63, 3.8) is 0 Å². The van der Waals surface area contributed by atoms with Crippen molar-refractivity contribution < 1.29 is 46.5 Å². The second-order valence-electron chi connectivity index (χ2n) is 6.81. The normalized spacial score (nSPS) is 24.5. The number of hydrogen-bond acceptors (Lipinski definition) is 10. The lowest BCUT2D eigenvalue weighted by Gasteiger charge is -2.43. The predicted molar refractivity (Wildman–Crippen MR) is 112 cm³/mol. The molecule has 0 spiro atoms. The van der Waals surface area contributed by atoms with Crippen LogP contribution in [0.5, 0.6) is 0 Å². The maximum absolute atomic E-state index is 13.0. The van der Waals surface area contributed by atoms with Crippen molar-refractivity contribution in [3.8, 4) is 0 Å². The molecule has 1 aliphatic heterocycles. The fourth-order valence-electron chi connectivity index (χ4n) is 3.00. The van der Waals surface area contributed by atoms with Gasteiger partial charge in [-0.25, -0.2) is 4.98 Å². The van der Waals surface area contributed by atoms with Crippen LogP contribution >= 0.6 is 27.7 Å². The molecule has 0 saturated carbocycles. The number of aromatic nitrogens is 1. The summed E-state index contributed by atoms with van der Waals surface area (Å²) in [6, 6.07) is -0.174. The van der Waals surface area contributed by atoms with Crippen molar-refractivity contribution in [2.24, 2.45) is 5.11 Å². The Balaban J connectivity index is 2.46. The molecule has 0 radical (unpaired) electrons. The zero-order valence-electron chi connectivity index (χ0n) is 17.8. The topological polar surface area (TPSA) is 150 Å². The molecule has 5 atom stereocenters. The quantitative estimate of drug-likeness (QED) is 0.157. The molecule has 1 saturated heterocycles. The Morgan fingerprint density at radius 2 is 1.82 bits per heavy atom. The number of hydrogen-bond donors (Lipinski definition) is 0. The first-order chi connectivity index (χ1) is 15.8. The summed E-state index contributed by atoms with van der Waals surface area (Å²) < 4.78 is 60.0. The molecule has 2 rings (SSSR count). The molecule has 0 aromatic carbocycles. The molecule has 0 N–H and O–H groups in total. The minimum Gasteiger partial charge on any atom is -0.463 e. The van der Waals surface area contributed by atoms with Crippen LogP contribution in [-0.4, -0.2) is 59.3 Å². The number of esters is 3. The summed E-state index contributed by atoms with van der Waals surface area (Å²) in [6.45, 7) is 2.89. The second-order valence-corrected chi connectivity index (χ2v) is 8.83. The van der Waals surface area contributed by atoms with E-state index in [0.29, 0.717) is 0 Å². The number of azide groups is 1. The van der Waals surface area contributed by atoms with Crippen LogP contribution in [0.15, 0.2) is 26.7 Å². The lowest BCUT2D eigenvalue weighted by Crippen LogP contribution is -2.59. The van der Waals surface area contributed by atoms with Gasteiger partial charge in [0, 0.05) is 41.2 Å². The van der Waals surface area contributed by atoms with Gasteiger partial charge < -0.3 is 18.9 Å². The third-order valence-electron chi connectivity index (χ3n) is 4.19. The van der Waals surface area contributed by atoms with Crippen molar-refractivity contribution in [2.45, 2.75) is 61.6 Å². The summed E-state index contributed by atoms with van der Waals surface area (Å²) in [7, 11) is 0. The first-order valence-corrected chi connectivity index (χ1v) is 11.1. The molecule has 1 aromatic rings. The minimum atomic E-state index is -4.69. The van der Waals surface area contributed by atoms with E-state index in [0.717, 1.165) is 44.8 Å². The maximum atomic E-state index is 13.0. The highest BCUT2D eigenvalue weighted by atomic mass is 79.9. The highest BCUT2D eigenvalue weighted by molar-refractivity contribution is 9.10. The number of halogens is 4. The molecule has 186 valence electrons. The van der Waals surface area contributed by atoms with E-state index in [1.807, 2.05) is 0 Å². The fourth-order valence-corrected chi connectivity index (χ4v) is 4.84. The Kier molecular flexibility index (Phi) is 9.55. The number of carbonyl (C=O) groups excluding carboxylic acids is 3. The van der Waals surface area contributed by atoms with Crippen molar-refractivity contribution in [3.05, 3.63) is 32.9 Å². The van der Waals surface area contributed by atoms with Crippen molar-refractivity contribution in [2.75, 3.05) is 6.61 Å². The number of thioether (sulfide) groups is 1. The van der Waals surface area contributed by atoms with E-state index in [2.05, 4.69) is 30.9 Å². The van der Waals surface area contributed by atoms with Crippen LogP contribution < -0.4 is 0 Å². The molecule has 0 bridgehead atoms.